The van der Waals surface area contributed by atoms with Crippen LogP contribution < -0.4 is 0 Å². The third-order valence-corrected chi connectivity index (χ3v) is 13.6. The van der Waals surface area contributed by atoms with Gasteiger partial charge in [-0.2, -0.15) is 0 Å². The zero-order valence-corrected chi connectivity index (χ0v) is 32.7. The van der Waals surface area contributed by atoms with Gasteiger partial charge in [-0.25, -0.2) is 0 Å². The lowest BCUT2D eigenvalue weighted by Gasteiger charge is -2.12. The third-order valence-electron chi connectivity index (χ3n) is 12.5. The number of aromatic nitrogens is 2. The fraction of sp³-hybridized carbons (Fsp3) is 0. The summed E-state index contributed by atoms with van der Waals surface area (Å²) in [4.78, 5) is 0. The highest BCUT2D eigenvalue weighted by Crippen LogP contribution is 2.48. The van der Waals surface area contributed by atoms with Crippen molar-refractivity contribution in [3.63, 3.8) is 0 Å². The predicted octanol–water partition coefficient (Wildman–Crippen LogP) is 15.9. The van der Waals surface area contributed by atoms with E-state index in [9.17, 15) is 0 Å². The lowest BCUT2D eigenvalue weighted by molar-refractivity contribution is 1.18. The smallest absolute Gasteiger partial charge is 0.0541 e. The lowest BCUT2D eigenvalue weighted by Crippen LogP contribution is -1.92. The summed E-state index contributed by atoms with van der Waals surface area (Å²) in [5, 5.41) is 12.9. The maximum Gasteiger partial charge on any atom is 0.0541 e. The standard InChI is InChI=1S/C56H34N2S/c1-3-15-37(16-4-1)57-49-25-13-11-21-41(49)47-31-35(27-29-51(47)57)45-33-53-55(43-23-9-7-19-39(43)45)56-44-24-10-8-20-40(44)46(34-54(56)59-53)36-28-30-52-48(32-36)42-22-12-14-26-50(42)58(52)38-17-5-2-6-18-38/h1-34H. The first-order chi connectivity index (χ1) is 29.3. The first kappa shape index (κ1) is 32.6. The topological polar surface area (TPSA) is 9.86 Å². The van der Waals surface area contributed by atoms with Gasteiger partial charge in [0.2, 0.25) is 0 Å². The van der Waals surface area contributed by atoms with E-state index in [1.54, 1.807) is 0 Å². The molecular formula is C56H34N2S. The molecule has 0 atom stereocenters. The largest absolute Gasteiger partial charge is 0.309 e. The SMILES string of the molecule is c1ccc(-n2c3ccccc3c3cc(-c4cc5sc6cc(-c7ccc8c(c7)c7ccccc7n8-c7ccccc7)c7ccccc7c6c5c5ccccc45)ccc32)cc1. The van der Waals surface area contributed by atoms with Crippen molar-refractivity contribution in [2.24, 2.45) is 0 Å². The molecule has 3 heteroatoms. The van der Waals surface area contributed by atoms with E-state index in [0.717, 1.165) is 0 Å². The highest BCUT2D eigenvalue weighted by Gasteiger charge is 2.20. The summed E-state index contributed by atoms with van der Waals surface area (Å²) in [5.74, 6) is 0. The van der Waals surface area contributed by atoms with Gasteiger partial charge in [-0.3, -0.25) is 0 Å². The summed E-state index contributed by atoms with van der Waals surface area (Å²) in [5.41, 5.74) is 12.2. The summed E-state index contributed by atoms with van der Waals surface area (Å²) in [6.07, 6.45) is 0. The number of hydrogen-bond acceptors (Lipinski definition) is 1. The van der Waals surface area contributed by atoms with E-state index in [-0.39, 0.29) is 0 Å². The molecule has 274 valence electrons. The van der Waals surface area contributed by atoms with Gasteiger partial charge in [0.1, 0.15) is 0 Å². The number of nitrogens with zero attached hydrogens (tertiary/aromatic N) is 2. The van der Waals surface area contributed by atoms with E-state index in [1.807, 2.05) is 11.3 Å². The summed E-state index contributed by atoms with van der Waals surface area (Å²) < 4.78 is 7.40. The summed E-state index contributed by atoms with van der Waals surface area (Å²) >= 11 is 1.92. The number of hydrogen-bond donors (Lipinski definition) is 0. The molecule has 10 aromatic carbocycles. The molecule has 0 aliphatic rings. The molecule has 0 aliphatic carbocycles. The number of thiophene rings is 1. The second-order valence-electron chi connectivity index (χ2n) is 15.6. The van der Waals surface area contributed by atoms with Crippen LogP contribution in [0, 0.1) is 0 Å². The molecule has 3 aromatic heterocycles. The van der Waals surface area contributed by atoms with E-state index in [0.29, 0.717) is 0 Å². The third kappa shape index (κ3) is 4.74. The molecule has 0 bridgehead atoms. The average molecular weight is 767 g/mol. The Morgan fingerprint density at radius 1 is 0.271 bits per heavy atom. The molecule has 2 nitrogen and oxygen atoms in total. The van der Waals surface area contributed by atoms with Crippen molar-refractivity contribution in [2.45, 2.75) is 0 Å². The van der Waals surface area contributed by atoms with E-state index in [2.05, 4.69) is 215 Å². The number of para-hydroxylation sites is 4. The van der Waals surface area contributed by atoms with Gasteiger partial charge < -0.3 is 9.13 Å². The zero-order valence-electron chi connectivity index (χ0n) is 31.9. The van der Waals surface area contributed by atoms with Gasteiger partial charge in [0, 0.05) is 53.1 Å². The van der Waals surface area contributed by atoms with Gasteiger partial charge in [-0.1, -0.05) is 133 Å². The highest BCUT2D eigenvalue weighted by molar-refractivity contribution is 7.26. The normalized spacial score (nSPS) is 12.1. The number of rotatable bonds is 4. The van der Waals surface area contributed by atoms with Crippen molar-refractivity contribution >= 4 is 96.7 Å². The number of benzene rings is 10. The second kappa shape index (κ2) is 12.5. The Labute approximate surface area is 344 Å². The lowest BCUT2D eigenvalue weighted by atomic mass is 9.91. The minimum Gasteiger partial charge on any atom is -0.309 e. The van der Waals surface area contributed by atoms with Crippen molar-refractivity contribution in [3.05, 3.63) is 206 Å². The van der Waals surface area contributed by atoms with Crippen LogP contribution in [0.25, 0.3) is 119 Å². The second-order valence-corrected chi connectivity index (χ2v) is 16.7. The Balaban J connectivity index is 1.04. The fourth-order valence-electron chi connectivity index (χ4n) is 9.96. The summed E-state index contributed by atoms with van der Waals surface area (Å²) in [6, 6.07) is 76.1. The van der Waals surface area contributed by atoms with Gasteiger partial charge in [0.25, 0.3) is 0 Å². The van der Waals surface area contributed by atoms with Crippen molar-refractivity contribution in [2.75, 3.05) is 0 Å². The minimum atomic E-state index is 1.18. The predicted molar refractivity (Wildman–Crippen MR) is 254 cm³/mol. The molecule has 13 rings (SSSR count). The Kier molecular flexibility index (Phi) is 6.92. The van der Waals surface area contributed by atoms with Crippen LogP contribution >= 0.6 is 11.3 Å². The van der Waals surface area contributed by atoms with E-state index in [4.69, 9.17) is 0 Å². The quantitative estimate of drug-likeness (QED) is 0.169. The van der Waals surface area contributed by atoms with E-state index < -0.39 is 0 Å². The molecule has 0 fully saturated rings. The molecule has 0 N–H and O–H groups in total. The Hall–Kier alpha value is -7.46. The van der Waals surface area contributed by atoms with Gasteiger partial charge >= 0.3 is 0 Å². The van der Waals surface area contributed by atoms with Gasteiger partial charge in [0.05, 0.1) is 22.1 Å². The molecule has 0 radical (unpaired) electrons. The maximum absolute atomic E-state index is 2.46. The molecule has 0 unspecified atom stereocenters. The van der Waals surface area contributed by atoms with Gasteiger partial charge in [-0.15, -0.1) is 11.3 Å². The van der Waals surface area contributed by atoms with Crippen LogP contribution in [0.5, 0.6) is 0 Å². The highest BCUT2D eigenvalue weighted by atomic mass is 32.1. The Morgan fingerprint density at radius 2 is 0.627 bits per heavy atom. The monoisotopic (exact) mass is 766 g/mol. The minimum absolute atomic E-state index is 1.18. The maximum atomic E-state index is 2.46. The van der Waals surface area contributed by atoms with E-state index >= 15 is 0 Å². The van der Waals surface area contributed by atoms with Crippen LogP contribution in [0.3, 0.4) is 0 Å². The van der Waals surface area contributed by atoms with E-state index in [1.165, 1.54) is 119 Å². The molecule has 0 saturated carbocycles. The molecule has 13 aromatic rings. The first-order valence-corrected chi connectivity index (χ1v) is 21.1. The van der Waals surface area contributed by atoms with Crippen LogP contribution in [-0.4, -0.2) is 9.13 Å². The Bertz CT molecular complexity index is 3580. The van der Waals surface area contributed by atoms with Crippen LogP contribution in [0.2, 0.25) is 0 Å². The van der Waals surface area contributed by atoms with Crippen molar-refractivity contribution < 1.29 is 0 Å². The van der Waals surface area contributed by atoms with Gasteiger partial charge in [0.15, 0.2) is 0 Å². The fourth-order valence-corrected chi connectivity index (χ4v) is 11.2. The van der Waals surface area contributed by atoms with Crippen molar-refractivity contribution in [1.29, 1.82) is 0 Å². The molecule has 0 spiro atoms. The van der Waals surface area contributed by atoms with Crippen molar-refractivity contribution in [3.8, 4) is 33.6 Å². The first-order valence-electron chi connectivity index (χ1n) is 20.3. The molecule has 59 heavy (non-hydrogen) atoms. The van der Waals surface area contributed by atoms with Gasteiger partial charge in [-0.05, 0) is 117 Å². The van der Waals surface area contributed by atoms with Crippen LogP contribution in [0.4, 0.5) is 0 Å². The molecular weight excluding hydrogens is 733 g/mol. The molecule has 0 saturated heterocycles. The number of fused-ring (bicyclic) bond motifs is 13. The van der Waals surface area contributed by atoms with Crippen molar-refractivity contribution in [1.82, 2.24) is 9.13 Å². The zero-order chi connectivity index (χ0) is 38.6. The summed E-state index contributed by atoms with van der Waals surface area (Å²) in [7, 11) is 0. The molecule has 0 amide bonds. The van der Waals surface area contributed by atoms with Crippen LogP contribution in [0.1, 0.15) is 0 Å². The Morgan fingerprint density at radius 3 is 1.07 bits per heavy atom. The average Bonchev–Trinajstić information content (AvgIpc) is 3.96. The summed E-state index contributed by atoms with van der Waals surface area (Å²) in [6.45, 7) is 0. The van der Waals surface area contributed by atoms with Crippen LogP contribution in [-0.2, 0) is 0 Å². The van der Waals surface area contributed by atoms with Crippen LogP contribution in [0.15, 0.2) is 206 Å². The molecule has 0 aliphatic heterocycles. The molecule has 3 heterocycles.